The Bertz CT molecular complexity index is 980. The molecule has 2 N–H and O–H groups in total. The second kappa shape index (κ2) is 9.38. The predicted molar refractivity (Wildman–Crippen MR) is 155 cm³/mol. The molecule has 5 saturated carbocycles. The first-order valence-corrected chi connectivity index (χ1v) is 16.9. The maximum absolute atomic E-state index is 12.0. The van der Waals surface area contributed by atoms with Crippen LogP contribution in [-0.4, -0.2) is 77.7 Å². The summed E-state index contributed by atoms with van der Waals surface area (Å²) in [5.74, 6) is 2.12. The summed E-state index contributed by atoms with van der Waals surface area (Å²) in [6.07, 6.45) is 11.5. The summed E-state index contributed by atoms with van der Waals surface area (Å²) < 4.78 is 19.6. The Morgan fingerprint density at radius 3 is 2.50 bits per heavy atom. The van der Waals surface area contributed by atoms with E-state index < -0.39 is 5.60 Å². The zero-order chi connectivity index (χ0) is 28.3. The van der Waals surface area contributed by atoms with E-state index >= 15 is 0 Å². The molecule has 2 saturated heterocycles. The summed E-state index contributed by atoms with van der Waals surface area (Å²) in [5.41, 5.74) is 0.427. The van der Waals surface area contributed by atoms with Gasteiger partial charge in [0.05, 0.1) is 36.6 Å². The fourth-order valence-electron chi connectivity index (χ4n) is 12.5. The van der Waals surface area contributed by atoms with Crippen molar-refractivity contribution < 1.29 is 24.4 Å². The van der Waals surface area contributed by atoms with Gasteiger partial charge in [0.1, 0.15) is 0 Å². The van der Waals surface area contributed by atoms with Gasteiger partial charge in [0, 0.05) is 19.5 Å². The van der Waals surface area contributed by atoms with Gasteiger partial charge in [-0.05, 0) is 124 Å². The molecule has 0 radical (unpaired) electrons. The average Bonchev–Trinajstić information content (AvgIpc) is 3.51. The molecule has 0 aromatic heterocycles. The lowest BCUT2D eigenvalue weighted by Gasteiger charge is -2.60. The zero-order valence-electron chi connectivity index (χ0n) is 26.2. The smallest absolute Gasteiger partial charge is 0.170 e. The highest BCUT2D eigenvalue weighted by Gasteiger charge is 2.81. The van der Waals surface area contributed by atoms with Crippen molar-refractivity contribution in [2.45, 2.75) is 142 Å². The standard InChI is InChI=1S/C34H57NO5/c1-7-35-16-17-38-26(19-35)40-25-12-13-34-20-33(34)15-14-32(6)23-9-8-21(18-30(2,3)37)39-29(23)28(36)27(32)22(33)10-11-24(34)31(25,4)5/h21-29,36-37H,7-20H2,1-6H3/t21?,22?,23-,24?,25?,26?,27?,28?,29?,32?,33?,34?/m0/s1. The highest BCUT2D eigenvalue weighted by molar-refractivity contribution is 5.30. The fraction of sp³-hybridized carbons (Fsp3) is 1.00. The lowest BCUT2D eigenvalue weighted by molar-refractivity contribution is -0.245. The van der Waals surface area contributed by atoms with Gasteiger partial charge < -0.3 is 24.4 Å². The molecule has 7 fully saturated rings. The molecular weight excluding hydrogens is 502 g/mol. The Labute approximate surface area is 242 Å². The van der Waals surface area contributed by atoms with Gasteiger partial charge in [0.2, 0.25) is 0 Å². The Kier molecular flexibility index (Phi) is 6.69. The topological polar surface area (TPSA) is 71.4 Å². The summed E-state index contributed by atoms with van der Waals surface area (Å²) >= 11 is 0. The van der Waals surface area contributed by atoms with E-state index in [9.17, 15) is 10.2 Å². The molecule has 2 heterocycles. The Hall–Kier alpha value is -0.240. The van der Waals surface area contributed by atoms with Crippen LogP contribution in [-0.2, 0) is 14.2 Å². The molecule has 12 atom stereocenters. The predicted octanol–water partition coefficient (Wildman–Crippen LogP) is 5.39. The number of rotatable bonds is 5. The van der Waals surface area contributed by atoms with Crippen molar-refractivity contribution >= 4 is 0 Å². The Balaban J connectivity index is 1.09. The molecular formula is C34H57NO5. The van der Waals surface area contributed by atoms with Crippen molar-refractivity contribution in [3.63, 3.8) is 0 Å². The molecule has 0 amide bonds. The van der Waals surface area contributed by atoms with Gasteiger partial charge >= 0.3 is 0 Å². The van der Waals surface area contributed by atoms with Gasteiger partial charge in [0.15, 0.2) is 6.29 Å². The molecule has 2 aliphatic heterocycles. The van der Waals surface area contributed by atoms with Crippen LogP contribution in [0.2, 0.25) is 0 Å². The molecule has 6 heteroatoms. The van der Waals surface area contributed by atoms with Gasteiger partial charge in [-0.25, -0.2) is 0 Å². The molecule has 7 aliphatic rings. The van der Waals surface area contributed by atoms with E-state index in [0.717, 1.165) is 45.5 Å². The van der Waals surface area contributed by atoms with E-state index in [2.05, 4.69) is 32.6 Å². The summed E-state index contributed by atoms with van der Waals surface area (Å²) in [4.78, 5) is 2.45. The number of hydrogen-bond donors (Lipinski definition) is 2. The summed E-state index contributed by atoms with van der Waals surface area (Å²) in [5, 5.41) is 22.5. The number of aliphatic hydroxyl groups excluding tert-OH is 1. The third-order valence-electron chi connectivity index (χ3n) is 14.2. The minimum Gasteiger partial charge on any atom is -0.390 e. The first-order chi connectivity index (χ1) is 18.8. The third-order valence-corrected chi connectivity index (χ3v) is 14.2. The minimum absolute atomic E-state index is 0.0579. The van der Waals surface area contributed by atoms with Crippen molar-refractivity contribution in [1.29, 1.82) is 0 Å². The van der Waals surface area contributed by atoms with E-state index in [4.69, 9.17) is 14.2 Å². The molecule has 40 heavy (non-hydrogen) atoms. The van der Waals surface area contributed by atoms with Gasteiger partial charge in [0.25, 0.3) is 0 Å². The van der Waals surface area contributed by atoms with Crippen molar-refractivity contribution in [3.8, 4) is 0 Å². The van der Waals surface area contributed by atoms with Crippen molar-refractivity contribution in [1.82, 2.24) is 4.90 Å². The summed E-state index contributed by atoms with van der Waals surface area (Å²) in [6.45, 7) is 17.2. The molecule has 0 bridgehead atoms. The highest BCUT2D eigenvalue weighted by atomic mass is 16.7. The maximum Gasteiger partial charge on any atom is 0.170 e. The number of fused-ring (bicyclic) bond motifs is 4. The number of aliphatic hydroxyl groups is 2. The third kappa shape index (κ3) is 4.01. The lowest BCUT2D eigenvalue weighted by Crippen LogP contribution is -2.56. The largest absolute Gasteiger partial charge is 0.390 e. The number of morpholine rings is 1. The van der Waals surface area contributed by atoms with Gasteiger partial charge in [-0.3, -0.25) is 4.90 Å². The quantitative estimate of drug-likeness (QED) is 0.471. The highest BCUT2D eigenvalue weighted by Crippen LogP contribution is 2.87. The van der Waals surface area contributed by atoms with E-state index in [1.165, 1.54) is 38.5 Å². The van der Waals surface area contributed by atoms with Crippen molar-refractivity contribution in [2.24, 2.45) is 45.3 Å². The molecule has 6 nitrogen and oxygen atoms in total. The summed E-state index contributed by atoms with van der Waals surface area (Å²) in [6, 6.07) is 0. The maximum atomic E-state index is 12.0. The normalized spacial score (nSPS) is 53.5. The van der Waals surface area contributed by atoms with E-state index in [1.807, 2.05) is 13.8 Å². The van der Waals surface area contributed by atoms with Crippen LogP contribution in [0.25, 0.3) is 0 Å². The van der Waals surface area contributed by atoms with E-state index in [0.29, 0.717) is 40.9 Å². The van der Waals surface area contributed by atoms with Crippen LogP contribution in [0.4, 0.5) is 0 Å². The summed E-state index contributed by atoms with van der Waals surface area (Å²) in [7, 11) is 0. The number of likely N-dealkylation sites (N-methyl/N-ethyl adjacent to an activating group) is 1. The van der Waals surface area contributed by atoms with Gasteiger partial charge in [-0.15, -0.1) is 0 Å². The molecule has 5 aliphatic carbocycles. The molecule has 7 rings (SSSR count). The molecule has 0 aromatic rings. The number of hydrogen-bond acceptors (Lipinski definition) is 6. The first kappa shape index (κ1) is 28.5. The lowest BCUT2D eigenvalue weighted by atomic mass is 9.46. The Morgan fingerprint density at radius 2 is 1.75 bits per heavy atom. The van der Waals surface area contributed by atoms with Gasteiger partial charge in [-0.1, -0.05) is 27.7 Å². The monoisotopic (exact) mass is 559 g/mol. The minimum atomic E-state index is -0.728. The van der Waals surface area contributed by atoms with Crippen LogP contribution in [0, 0.1) is 45.3 Å². The number of nitrogens with zero attached hydrogens (tertiary/aromatic N) is 1. The van der Waals surface area contributed by atoms with Crippen LogP contribution in [0.5, 0.6) is 0 Å². The van der Waals surface area contributed by atoms with Crippen LogP contribution in [0.1, 0.15) is 106 Å². The molecule has 11 unspecified atom stereocenters. The van der Waals surface area contributed by atoms with E-state index in [-0.39, 0.29) is 41.5 Å². The Morgan fingerprint density at radius 1 is 0.975 bits per heavy atom. The fourth-order valence-corrected chi connectivity index (χ4v) is 12.5. The van der Waals surface area contributed by atoms with Crippen molar-refractivity contribution in [2.75, 3.05) is 26.2 Å². The number of ether oxygens (including phenoxy) is 3. The van der Waals surface area contributed by atoms with Crippen LogP contribution >= 0.6 is 0 Å². The SMILES string of the molecule is CCN1CCOC(OC2CCC34CC35CCC3(C)C(C(O)C6OC(CC(C)(C)O)CC[C@@H]63)C5CCC4C2(C)C)C1. The van der Waals surface area contributed by atoms with E-state index in [1.54, 1.807) is 0 Å². The molecule has 2 spiro atoms. The molecule has 0 aromatic carbocycles. The van der Waals surface area contributed by atoms with Gasteiger partial charge in [-0.2, -0.15) is 0 Å². The zero-order valence-corrected chi connectivity index (χ0v) is 26.2. The molecule has 228 valence electrons. The van der Waals surface area contributed by atoms with Crippen LogP contribution in [0.15, 0.2) is 0 Å². The second-order valence-corrected chi connectivity index (χ2v) is 16.8. The first-order valence-electron chi connectivity index (χ1n) is 16.9. The average molecular weight is 560 g/mol. The second-order valence-electron chi connectivity index (χ2n) is 16.8. The van der Waals surface area contributed by atoms with Crippen LogP contribution < -0.4 is 0 Å². The van der Waals surface area contributed by atoms with Crippen molar-refractivity contribution in [3.05, 3.63) is 0 Å². The van der Waals surface area contributed by atoms with Crippen LogP contribution in [0.3, 0.4) is 0 Å².